The van der Waals surface area contributed by atoms with Crippen LogP contribution in [0.4, 0.5) is 4.79 Å². The smallest absolute Gasteiger partial charge is 0.317 e. The van der Waals surface area contributed by atoms with Gasteiger partial charge in [-0.25, -0.2) is 4.79 Å². The minimum Gasteiger partial charge on any atom is -0.338 e. The van der Waals surface area contributed by atoms with Crippen LogP contribution in [0, 0.1) is 6.92 Å². The number of aryl methyl sites for hydroxylation is 1. The van der Waals surface area contributed by atoms with Crippen molar-refractivity contribution in [2.75, 3.05) is 26.7 Å². The normalized spacial score (nSPS) is 15.1. The lowest BCUT2D eigenvalue weighted by molar-refractivity contribution is 0.131. The molecule has 1 aliphatic rings. The molecule has 1 aliphatic heterocycles. The van der Waals surface area contributed by atoms with E-state index in [0.717, 1.165) is 44.6 Å². The lowest BCUT2D eigenvalue weighted by Gasteiger charge is -2.36. The van der Waals surface area contributed by atoms with Gasteiger partial charge in [0.2, 0.25) is 0 Å². The number of pyridine rings is 1. The highest BCUT2D eigenvalue weighted by Gasteiger charge is 2.25. The second kappa shape index (κ2) is 9.51. The molecular weight excluding hydrogens is 336 g/mol. The summed E-state index contributed by atoms with van der Waals surface area (Å²) in [5.41, 5.74) is 3.57. The number of nitrogens with zero attached hydrogens (tertiary/aromatic N) is 3. The molecule has 2 amide bonds. The van der Waals surface area contributed by atoms with E-state index >= 15 is 0 Å². The van der Waals surface area contributed by atoms with Gasteiger partial charge in [-0.3, -0.25) is 9.88 Å². The molecule has 2 heterocycles. The minimum atomic E-state index is 0.0488. The second-order valence-corrected chi connectivity index (χ2v) is 7.37. The number of amides is 2. The largest absolute Gasteiger partial charge is 0.338 e. The van der Waals surface area contributed by atoms with E-state index in [9.17, 15) is 4.79 Å². The minimum absolute atomic E-state index is 0.0488. The van der Waals surface area contributed by atoms with Gasteiger partial charge in [0.25, 0.3) is 0 Å². The lowest BCUT2D eigenvalue weighted by Crippen LogP contribution is -2.49. The molecule has 0 aliphatic carbocycles. The van der Waals surface area contributed by atoms with Crippen molar-refractivity contribution in [3.05, 3.63) is 65.5 Å². The molecule has 1 fully saturated rings. The van der Waals surface area contributed by atoms with Gasteiger partial charge in [0.05, 0.1) is 0 Å². The van der Waals surface area contributed by atoms with Gasteiger partial charge in [-0.05, 0) is 44.0 Å². The topological polar surface area (TPSA) is 48.5 Å². The van der Waals surface area contributed by atoms with Crippen LogP contribution in [-0.4, -0.2) is 53.5 Å². The Kier molecular flexibility index (Phi) is 6.82. The summed E-state index contributed by atoms with van der Waals surface area (Å²) >= 11 is 0. The Hall–Kier alpha value is -2.40. The molecular formula is C22H30N4O. The Bertz CT molecular complexity index is 726. The van der Waals surface area contributed by atoms with Crippen LogP contribution in [0.5, 0.6) is 0 Å². The molecule has 1 N–H and O–H groups in total. The third-order valence-corrected chi connectivity index (χ3v) is 5.41. The van der Waals surface area contributed by atoms with E-state index in [-0.39, 0.29) is 6.03 Å². The zero-order chi connectivity index (χ0) is 19.1. The van der Waals surface area contributed by atoms with Crippen molar-refractivity contribution in [1.29, 1.82) is 0 Å². The zero-order valence-electron chi connectivity index (χ0n) is 16.4. The van der Waals surface area contributed by atoms with Crippen molar-refractivity contribution >= 4 is 6.03 Å². The summed E-state index contributed by atoms with van der Waals surface area (Å²) in [5.74, 6) is 0. The van der Waals surface area contributed by atoms with Gasteiger partial charge in [0.1, 0.15) is 0 Å². The van der Waals surface area contributed by atoms with Crippen molar-refractivity contribution in [2.24, 2.45) is 0 Å². The van der Waals surface area contributed by atoms with E-state index in [0.29, 0.717) is 12.6 Å². The van der Waals surface area contributed by atoms with Gasteiger partial charge in [0.15, 0.2) is 0 Å². The number of aromatic nitrogens is 1. The summed E-state index contributed by atoms with van der Waals surface area (Å²) in [4.78, 5) is 21.2. The maximum atomic E-state index is 12.4. The Balaban J connectivity index is 1.39. The molecule has 0 saturated carbocycles. The highest BCUT2D eigenvalue weighted by atomic mass is 16.2. The number of urea groups is 1. The Morgan fingerprint density at radius 1 is 1.19 bits per heavy atom. The van der Waals surface area contributed by atoms with E-state index < -0.39 is 0 Å². The van der Waals surface area contributed by atoms with Gasteiger partial charge in [-0.15, -0.1) is 0 Å². The number of rotatable bonds is 6. The van der Waals surface area contributed by atoms with E-state index in [2.05, 4.69) is 65.6 Å². The summed E-state index contributed by atoms with van der Waals surface area (Å²) < 4.78 is 0. The SMILES string of the molecule is Cc1cccnc1CCNC(=O)N1CCC(N(C)Cc2ccccc2)CC1. The molecule has 2 aromatic rings. The molecule has 27 heavy (non-hydrogen) atoms. The number of carbonyl (C=O) groups is 1. The summed E-state index contributed by atoms with van der Waals surface area (Å²) in [5, 5.41) is 3.05. The first-order valence-electron chi connectivity index (χ1n) is 9.81. The van der Waals surface area contributed by atoms with Crippen LogP contribution in [0.2, 0.25) is 0 Å². The van der Waals surface area contributed by atoms with Gasteiger partial charge in [0, 0.05) is 50.5 Å². The highest BCUT2D eigenvalue weighted by molar-refractivity contribution is 5.74. The quantitative estimate of drug-likeness (QED) is 0.854. The highest BCUT2D eigenvalue weighted by Crippen LogP contribution is 2.17. The molecule has 0 unspecified atom stereocenters. The fourth-order valence-corrected chi connectivity index (χ4v) is 3.69. The number of nitrogens with one attached hydrogen (secondary N) is 1. The van der Waals surface area contributed by atoms with Crippen molar-refractivity contribution in [3.63, 3.8) is 0 Å². The lowest BCUT2D eigenvalue weighted by atomic mass is 10.0. The van der Waals surface area contributed by atoms with Crippen LogP contribution in [0.15, 0.2) is 48.7 Å². The predicted octanol–water partition coefficient (Wildman–Crippen LogP) is 3.24. The second-order valence-electron chi connectivity index (χ2n) is 7.37. The van der Waals surface area contributed by atoms with Crippen molar-refractivity contribution < 1.29 is 4.79 Å². The Labute approximate surface area is 162 Å². The molecule has 0 bridgehead atoms. The maximum absolute atomic E-state index is 12.4. The summed E-state index contributed by atoms with van der Waals surface area (Å²) in [6.07, 6.45) is 4.63. The third kappa shape index (κ3) is 5.54. The van der Waals surface area contributed by atoms with Gasteiger partial charge in [-0.2, -0.15) is 0 Å². The van der Waals surface area contributed by atoms with E-state index in [1.807, 2.05) is 11.0 Å². The predicted molar refractivity (Wildman–Crippen MR) is 109 cm³/mol. The molecule has 5 heteroatoms. The average Bonchev–Trinajstić information content (AvgIpc) is 2.70. The van der Waals surface area contributed by atoms with Gasteiger partial charge >= 0.3 is 6.03 Å². The Morgan fingerprint density at radius 3 is 2.63 bits per heavy atom. The summed E-state index contributed by atoms with van der Waals surface area (Å²) in [6.45, 7) is 5.28. The molecule has 0 spiro atoms. The molecule has 1 aromatic carbocycles. The molecule has 1 aromatic heterocycles. The van der Waals surface area contributed by atoms with Crippen LogP contribution >= 0.6 is 0 Å². The monoisotopic (exact) mass is 366 g/mol. The number of benzene rings is 1. The summed E-state index contributed by atoms with van der Waals surface area (Å²) in [7, 11) is 2.18. The molecule has 0 atom stereocenters. The molecule has 5 nitrogen and oxygen atoms in total. The number of carbonyl (C=O) groups excluding carboxylic acids is 1. The number of likely N-dealkylation sites (tertiary alicyclic amines) is 1. The zero-order valence-corrected chi connectivity index (χ0v) is 16.4. The first-order valence-corrected chi connectivity index (χ1v) is 9.81. The summed E-state index contributed by atoms with van der Waals surface area (Å²) in [6, 6.07) is 15.1. The van der Waals surface area contributed by atoms with Crippen LogP contribution in [0.3, 0.4) is 0 Å². The molecule has 3 rings (SSSR count). The van der Waals surface area contributed by atoms with Crippen LogP contribution in [0.1, 0.15) is 29.7 Å². The standard InChI is InChI=1S/C22H30N4O/c1-18-7-6-13-23-21(18)10-14-24-22(27)26-15-11-20(12-16-26)25(2)17-19-8-4-3-5-9-19/h3-9,13,20H,10-12,14-17H2,1-2H3,(H,24,27). The number of hydrogen-bond acceptors (Lipinski definition) is 3. The number of piperidine rings is 1. The van der Waals surface area contributed by atoms with Gasteiger partial charge < -0.3 is 10.2 Å². The van der Waals surface area contributed by atoms with Crippen LogP contribution in [0.25, 0.3) is 0 Å². The Morgan fingerprint density at radius 2 is 1.93 bits per heavy atom. The molecule has 0 radical (unpaired) electrons. The fourth-order valence-electron chi connectivity index (χ4n) is 3.69. The van der Waals surface area contributed by atoms with Crippen LogP contribution < -0.4 is 5.32 Å². The van der Waals surface area contributed by atoms with E-state index in [4.69, 9.17) is 0 Å². The van der Waals surface area contributed by atoms with E-state index in [1.165, 1.54) is 11.1 Å². The molecule has 1 saturated heterocycles. The maximum Gasteiger partial charge on any atom is 0.317 e. The van der Waals surface area contributed by atoms with E-state index in [1.54, 1.807) is 6.20 Å². The van der Waals surface area contributed by atoms with Crippen LogP contribution in [-0.2, 0) is 13.0 Å². The average molecular weight is 367 g/mol. The fraction of sp³-hybridized carbons (Fsp3) is 0.455. The van der Waals surface area contributed by atoms with Crippen molar-refractivity contribution in [1.82, 2.24) is 20.1 Å². The van der Waals surface area contributed by atoms with Crippen molar-refractivity contribution in [2.45, 2.75) is 38.8 Å². The van der Waals surface area contributed by atoms with Crippen molar-refractivity contribution in [3.8, 4) is 0 Å². The third-order valence-electron chi connectivity index (χ3n) is 5.41. The van der Waals surface area contributed by atoms with Gasteiger partial charge in [-0.1, -0.05) is 36.4 Å². The first kappa shape index (κ1) is 19.4. The number of hydrogen-bond donors (Lipinski definition) is 1. The molecule has 144 valence electrons. The first-order chi connectivity index (χ1) is 13.1.